The lowest BCUT2D eigenvalue weighted by atomic mass is 9.92. The van der Waals surface area contributed by atoms with E-state index in [0.29, 0.717) is 12.3 Å². The first-order chi connectivity index (χ1) is 8.67. The number of ketones is 1. The predicted molar refractivity (Wildman–Crippen MR) is 73.0 cm³/mol. The number of carbonyl (C=O) groups is 1. The molecule has 0 saturated carbocycles. The molecule has 3 nitrogen and oxygen atoms in total. The van der Waals surface area contributed by atoms with Crippen LogP contribution in [0.3, 0.4) is 0 Å². The number of unbranched alkanes of at least 4 members (excludes halogenated alkanes) is 2. The van der Waals surface area contributed by atoms with Gasteiger partial charge in [-0.1, -0.05) is 32.3 Å². The second-order valence-electron chi connectivity index (χ2n) is 4.70. The lowest BCUT2D eigenvalue weighted by Crippen LogP contribution is -2.07. The van der Waals surface area contributed by atoms with Crippen LogP contribution in [0.25, 0.3) is 0 Å². The maximum Gasteiger partial charge on any atom is 0.213 e. The highest BCUT2D eigenvalue weighted by Crippen LogP contribution is 2.26. The molecule has 100 valence electrons. The molecule has 0 bridgehead atoms. The van der Waals surface area contributed by atoms with Crippen LogP contribution in [0.15, 0.2) is 18.2 Å². The smallest absolute Gasteiger partial charge is 0.213 e. The molecule has 0 saturated heterocycles. The lowest BCUT2D eigenvalue weighted by molar-refractivity contribution is -0.117. The second kappa shape index (κ2) is 7.85. The molecule has 1 aromatic rings. The van der Waals surface area contributed by atoms with Crippen LogP contribution >= 0.6 is 0 Å². The Balaban J connectivity index is 2.75. The number of aromatic nitrogens is 1. The minimum atomic E-state index is 0.223. The fraction of sp³-hybridized carbons (Fsp3) is 0.600. The van der Waals surface area contributed by atoms with Gasteiger partial charge in [-0.05, 0) is 19.4 Å². The van der Waals surface area contributed by atoms with Gasteiger partial charge in [0.05, 0.1) is 7.11 Å². The molecule has 1 heterocycles. The average molecular weight is 249 g/mol. The molecule has 0 amide bonds. The van der Waals surface area contributed by atoms with E-state index >= 15 is 0 Å². The highest BCUT2D eigenvalue weighted by Gasteiger charge is 2.15. The van der Waals surface area contributed by atoms with Crippen molar-refractivity contribution in [1.29, 1.82) is 0 Å². The van der Waals surface area contributed by atoms with E-state index in [1.54, 1.807) is 14.0 Å². The molecule has 0 N–H and O–H groups in total. The van der Waals surface area contributed by atoms with Gasteiger partial charge in [0.2, 0.25) is 5.88 Å². The van der Waals surface area contributed by atoms with E-state index in [-0.39, 0.29) is 11.7 Å². The van der Waals surface area contributed by atoms with Crippen molar-refractivity contribution in [3.05, 3.63) is 23.9 Å². The minimum absolute atomic E-state index is 0.223. The molecule has 0 aromatic carbocycles. The molecule has 3 heteroatoms. The monoisotopic (exact) mass is 249 g/mol. The molecule has 0 radical (unpaired) electrons. The topological polar surface area (TPSA) is 39.2 Å². The third kappa shape index (κ3) is 4.86. The number of methoxy groups -OCH3 is 1. The van der Waals surface area contributed by atoms with E-state index < -0.39 is 0 Å². The zero-order valence-corrected chi connectivity index (χ0v) is 11.6. The summed E-state index contributed by atoms with van der Waals surface area (Å²) in [7, 11) is 1.61. The van der Waals surface area contributed by atoms with E-state index in [2.05, 4.69) is 11.9 Å². The van der Waals surface area contributed by atoms with Crippen LogP contribution < -0.4 is 4.74 Å². The Morgan fingerprint density at radius 2 is 2.17 bits per heavy atom. The first-order valence-corrected chi connectivity index (χ1v) is 6.67. The Kier molecular flexibility index (Phi) is 6.40. The van der Waals surface area contributed by atoms with Crippen molar-refractivity contribution in [2.24, 2.45) is 0 Å². The molecule has 0 fully saturated rings. The van der Waals surface area contributed by atoms with E-state index in [1.165, 1.54) is 12.8 Å². The summed E-state index contributed by atoms with van der Waals surface area (Å²) in [5.41, 5.74) is 0.973. The molecule has 0 aliphatic carbocycles. The van der Waals surface area contributed by atoms with Crippen LogP contribution in [0.1, 0.15) is 57.6 Å². The molecule has 1 unspecified atom stereocenters. The van der Waals surface area contributed by atoms with Gasteiger partial charge < -0.3 is 9.53 Å². The molecule has 1 atom stereocenters. The first-order valence-electron chi connectivity index (χ1n) is 6.67. The van der Waals surface area contributed by atoms with Gasteiger partial charge in [-0.15, -0.1) is 0 Å². The van der Waals surface area contributed by atoms with Crippen molar-refractivity contribution < 1.29 is 9.53 Å². The summed E-state index contributed by atoms with van der Waals surface area (Å²) in [5, 5.41) is 0. The molecule has 1 aromatic heterocycles. The maximum absolute atomic E-state index is 11.4. The Morgan fingerprint density at radius 1 is 1.39 bits per heavy atom. The summed E-state index contributed by atoms with van der Waals surface area (Å²) in [6.45, 7) is 3.83. The fourth-order valence-corrected chi connectivity index (χ4v) is 2.11. The van der Waals surface area contributed by atoms with E-state index in [0.717, 1.165) is 18.5 Å². The summed E-state index contributed by atoms with van der Waals surface area (Å²) in [5.74, 6) is 1.07. The van der Waals surface area contributed by atoms with Crippen molar-refractivity contribution in [3.8, 4) is 5.88 Å². The van der Waals surface area contributed by atoms with Crippen LogP contribution in [0, 0.1) is 0 Å². The van der Waals surface area contributed by atoms with E-state index in [9.17, 15) is 4.79 Å². The number of nitrogens with zero attached hydrogens (tertiary/aromatic N) is 1. The zero-order chi connectivity index (χ0) is 13.4. The van der Waals surface area contributed by atoms with Gasteiger partial charge in [-0.25, -0.2) is 4.98 Å². The van der Waals surface area contributed by atoms with Gasteiger partial charge in [0, 0.05) is 24.1 Å². The number of hydrogen-bond donors (Lipinski definition) is 0. The Hall–Kier alpha value is -1.38. The van der Waals surface area contributed by atoms with E-state index in [1.807, 2.05) is 18.2 Å². The summed E-state index contributed by atoms with van der Waals surface area (Å²) < 4.78 is 5.14. The van der Waals surface area contributed by atoms with Crippen LogP contribution in [0.2, 0.25) is 0 Å². The standard InChI is InChI=1S/C15H23NO2/c1-4-5-6-8-13(11-12(2)17)14-9-7-10-15(16-14)18-3/h7,9-10,13H,4-6,8,11H2,1-3H3. The lowest BCUT2D eigenvalue weighted by Gasteiger charge is -2.15. The van der Waals surface area contributed by atoms with Gasteiger partial charge >= 0.3 is 0 Å². The van der Waals surface area contributed by atoms with Gasteiger partial charge in [0.15, 0.2) is 0 Å². The van der Waals surface area contributed by atoms with Crippen molar-refractivity contribution in [2.75, 3.05) is 7.11 Å². The number of pyridine rings is 1. The minimum Gasteiger partial charge on any atom is -0.481 e. The Morgan fingerprint density at radius 3 is 2.78 bits per heavy atom. The van der Waals surface area contributed by atoms with Crippen LogP contribution in [-0.4, -0.2) is 17.9 Å². The largest absolute Gasteiger partial charge is 0.481 e. The molecular formula is C15H23NO2. The van der Waals surface area contributed by atoms with E-state index in [4.69, 9.17) is 4.74 Å². The van der Waals surface area contributed by atoms with Gasteiger partial charge in [0.1, 0.15) is 5.78 Å². The normalized spacial score (nSPS) is 12.2. The highest BCUT2D eigenvalue weighted by molar-refractivity contribution is 5.76. The molecular weight excluding hydrogens is 226 g/mol. The quantitative estimate of drug-likeness (QED) is 0.659. The van der Waals surface area contributed by atoms with Gasteiger partial charge in [-0.2, -0.15) is 0 Å². The third-order valence-electron chi connectivity index (χ3n) is 3.06. The summed E-state index contributed by atoms with van der Waals surface area (Å²) >= 11 is 0. The first kappa shape index (κ1) is 14.7. The van der Waals surface area contributed by atoms with Crippen molar-refractivity contribution in [3.63, 3.8) is 0 Å². The van der Waals surface area contributed by atoms with Gasteiger partial charge in [0.25, 0.3) is 0 Å². The summed E-state index contributed by atoms with van der Waals surface area (Å²) in [4.78, 5) is 15.8. The molecule has 0 aliphatic heterocycles. The average Bonchev–Trinajstić information content (AvgIpc) is 2.37. The number of hydrogen-bond acceptors (Lipinski definition) is 3. The van der Waals surface area contributed by atoms with Crippen LogP contribution in [-0.2, 0) is 4.79 Å². The number of rotatable bonds is 8. The molecule has 18 heavy (non-hydrogen) atoms. The second-order valence-corrected chi connectivity index (χ2v) is 4.70. The van der Waals surface area contributed by atoms with Crippen LogP contribution in [0.5, 0.6) is 5.88 Å². The molecule has 0 aliphatic rings. The SMILES string of the molecule is CCCCCC(CC(C)=O)c1cccc(OC)n1. The Labute approximate surface area is 110 Å². The summed E-state index contributed by atoms with van der Waals surface area (Å²) in [6, 6.07) is 5.76. The van der Waals surface area contributed by atoms with Crippen molar-refractivity contribution >= 4 is 5.78 Å². The van der Waals surface area contributed by atoms with Gasteiger partial charge in [-0.3, -0.25) is 0 Å². The number of ether oxygens (including phenoxy) is 1. The number of carbonyl (C=O) groups excluding carboxylic acids is 1. The molecule has 0 spiro atoms. The zero-order valence-electron chi connectivity index (χ0n) is 11.6. The van der Waals surface area contributed by atoms with Crippen molar-refractivity contribution in [2.45, 2.75) is 51.9 Å². The fourth-order valence-electron chi connectivity index (χ4n) is 2.11. The predicted octanol–water partition coefficient (Wildman–Crippen LogP) is 3.73. The van der Waals surface area contributed by atoms with Crippen LogP contribution in [0.4, 0.5) is 0 Å². The third-order valence-corrected chi connectivity index (χ3v) is 3.06. The number of Topliss-reactive ketones (excluding diaryl/α,β-unsaturated/α-hetero) is 1. The maximum atomic E-state index is 11.4. The Bertz CT molecular complexity index is 377. The molecule has 1 rings (SSSR count). The highest BCUT2D eigenvalue weighted by atomic mass is 16.5. The summed E-state index contributed by atoms with van der Waals surface area (Å²) in [6.07, 6.45) is 5.14. The van der Waals surface area contributed by atoms with Crippen molar-refractivity contribution in [1.82, 2.24) is 4.98 Å².